The molecule has 188 valence electrons. The molecule has 0 atom stereocenters. The van der Waals surface area contributed by atoms with Gasteiger partial charge >= 0.3 is 11.9 Å². The molecule has 0 saturated heterocycles. The molecular formula is C29H48O4. The molecule has 0 bridgehead atoms. The van der Waals surface area contributed by atoms with Crippen molar-refractivity contribution in [2.24, 2.45) is 0 Å². The van der Waals surface area contributed by atoms with Crippen LogP contribution in [0, 0.1) is 0 Å². The Balaban J connectivity index is 3.37. The first kappa shape index (κ1) is 30.9. The van der Waals surface area contributed by atoms with Crippen LogP contribution in [0.3, 0.4) is 0 Å². The van der Waals surface area contributed by atoms with Crippen molar-refractivity contribution >= 4 is 11.9 Å². The van der Waals surface area contributed by atoms with E-state index in [1.165, 1.54) is 52.7 Å². The molecule has 0 aromatic heterocycles. The highest BCUT2D eigenvalue weighted by Gasteiger charge is 1.99. The molecule has 0 aliphatic carbocycles. The van der Waals surface area contributed by atoms with Gasteiger partial charge in [0, 0.05) is 12.8 Å². The fourth-order valence-electron chi connectivity index (χ4n) is 3.38. The van der Waals surface area contributed by atoms with Crippen LogP contribution < -0.4 is 0 Å². The number of hydrogen-bond acceptors (Lipinski definition) is 4. The molecule has 0 radical (unpaired) electrons. The highest BCUT2D eigenvalue weighted by Crippen LogP contribution is 2.09. The van der Waals surface area contributed by atoms with Gasteiger partial charge in [-0.15, -0.1) is 0 Å². The van der Waals surface area contributed by atoms with Crippen molar-refractivity contribution in [2.75, 3.05) is 14.2 Å². The fraction of sp³-hybridized carbons (Fsp3) is 0.655. The van der Waals surface area contributed by atoms with E-state index in [2.05, 4.69) is 58.1 Å². The van der Waals surface area contributed by atoms with Crippen LogP contribution in [0.1, 0.15) is 109 Å². The van der Waals surface area contributed by atoms with Crippen LogP contribution in [0.4, 0.5) is 0 Å². The number of ether oxygens (including phenoxy) is 2. The molecule has 0 spiro atoms. The smallest absolute Gasteiger partial charge is 0.305 e. The maximum Gasteiger partial charge on any atom is 0.305 e. The Bertz CT molecular complexity index is 522. The molecule has 0 saturated carbocycles. The lowest BCUT2D eigenvalue weighted by molar-refractivity contribution is -0.141. The lowest BCUT2D eigenvalue weighted by atomic mass is 10.1. The second-order valence-corrected chi connectivity index (χ2v) is 8.36. The van der Waals surface area contributed by atoms with Crippen molar-refractivity contribution in [2.45, 2.75) is 109 Å². The van der Waals surface area contributed by atoms with E-state index < -0.39 is 0 Å². The second-order valence-electron chi connectivity index (χ2n) is 8.36. The molecule has 0 heterocycles. The zero-order valence-corrected chi connectivity index (χ0v) is 21.3. The molecule has 0 amide bonds. The van der Waals surface area contributed by atoms with Crippen molar-refractivity contribution in [3.8, 4) is 0 Å². The summed E-state index contributed by atoms with van der Waals surface area (Å²) in [7, 11) is 2.90. The van der Waals surface area contributed by atoms with Crippen LogP contribution in [-0.2, 0) is 19.1 Å². The van der Waals surface area contributed by atoms with E-state index in [1.54, 1.807) is 0 Å². The van der Waals surface area contributed by atoms with Crippen LogP contribution in [0.15, 0.2) is 48.6 Å². The number of rotatable bonds is 22. The van der Waals surface area contributed by atoms with Crippen molar-refractivity contribution < 1.29 is 19.1 Å². The lowest BCUT2D eigenvalue weighted by Crippen LogP contribution is -1.98. The first-order valence-corrected chi connectivity index (χ1v) is 12.9. The van der Waals surface area contributed by atoms with Gasteiger partial charge in [0.15, 0.2) is 0 Å². The predicted molar refractivity (Wildman–Crippen MR) is 139 cm³/mol. The monoisotopic (exact) mass is 460 g/mol. The fourth-order valence-corrected chi connectivity index (χ4v) is 3.38. The first-order chi connectivity index (χ1) is 16.2. The number of allylic oxidation sites excluding steroid dienone is 8. The van der Waals surface area contributed by atoms with E-state index in [0.717, 1.165) is 57.8 Å². The zero-order chi connectivity index (χ0) is 24.2. The summed E-state index contributed by atoms with van der Waals surface area (Å²) in [6.07, 6.45) is 35.8. The maximum absolute atomic E-state index is 11.0. The Hall–Kier alpha value is -2.10. The van der Waals surface area contributed by atoms with Gasteiger partial charge in [0.25, 0.3) is 0 Å². The Labute approximate surface area is 203 Å². The second kappa shape index (κ2) is 26.2. The van der Waals surface area contributed by atoms with Gasteiger partial charge < -0.3 is 9.47 Å². The normalized spacial score (nSPS) is 11.9. The van der Waals surface area contributed by atoms with Crippen molar-refractivity contribution in [3.63, 3.8) is 0 Å². The molecule has 0 fully saturated rings. The molecule has 33 heavy (non-hydrogen) atoms. The number of carbonyl (C=O) groups is 2. The summed E-state index contributed by atoms with van der Waals surface area (Å²) >= 11 is 0. The molecule has 0 unspecified atom stereocenters. The minimum atomic E-state index is -0.0951. The van der Waals surface area contributed by atoms with E-state index in [9.17, 15) is 9.59 Å². The highest BCUT2D eigenvalue weighted by molar-refractivity contribution is 5.69. The molecule has 0 aliphatic rings. The third-order valence-corrected chi connectivity index (χ3v) is 5.44. The van der Waals surface area contributed by atoms with Crippen LogP contribution in [0.25, 0.3) is 0 Å². The zero-order valence-electron chi connectivity index (χ0n) is 21.3. The van der Waals surface area contributed by atoms with E-state index in [4.69, 9.17) is 0 Å². The topological polar surface area (TPSA) is 52.6 Å². The molecular weight excluding hydrogens is 412 g/mol. The summed E-state index contributed by atoms with van der Waals surface area (Å²) in [6, 6.07) is 0. The van der Waals surface area contributed by atoms with Crippen molar-refractivity contribution in [3.05, 3.63) is 48.6 Å². The summed E-state index contributed by atoms with van der Waals surface area (Å²) in [5.41, 5.74) is 0. The summed E-state index contributed by atoms with van der Waals surface area (Å²) in [5.74, 6) is -0.190. The number of hydrogen-bond donors (Lipinski definition) is 0. The Morgan fingerprint density at radius 2 is 0.758 bits per heavy atom. The summed E-state index contributed by atoms with van der Waals surface area (Å²) in [5, 5.41) is 0. The number of carbonyl (C=O) groups excluding carboxylic acids is 2. The summed E-state index contributed by atoms with van der Waals surface area (Å²) in [4.78, 5) is 22.0. The van der Waals surface area contributed by atoms with Crippen LogP contribution in [0.2, 0.25) is 0 Å². The van der Waals surface area contributed by atoms with Gasteiger partial charge in [0.2, 0.25) is 0 Å². The molecule has 0 aromatic rings. The molecule has 0 aromatic carbocycles. The predicted octanol–water partition coefficient (Wildman–Crippen LogP) is 8.19. The Morgan fingerprint density at radius 3 is 1.12 bits per heavy atom. The lowest BCUT2D eigenvalue weighted by Gasteiger charge is -1.99. The van der Waals surface area contributed by atoms with E-state index >= 15 is 0 Å². The Kier molecular flexibility index (Phi) is 24.5. The third kappa shape index (κ3) is 26.0. The maximum atomic E-state index is 11.0. The SMILES string of the molecule is COC(=O)CCCCCCC/C=C/C/C=C/C/C=C/C/C=C/CCCCCCCC(=O)OC. The molecule has 0 N–H and O–H groups in total. The van der Waals surface area contributed by atoms with Gasteiger partial charge in [0.1, 0.15) is 0 Å². The van der Waals surface area contributed by atoms with E-state index in [1.807, 2.05) is 0 Å². The van der Waals surface area contributed by atoms with Crippen LogP contribution in [-0.4, -0.2) is 26.2 Å². The average molecular weight is 461 g/mol. The number of esters is 2. The van der Waals surface area contributed by atoms with Gasteiger partial charge in [-0.05, 0) is 57.8 Å². The summed E-state index contributed by atoms with van der Waals surface area (Å²) < 4.78 is 9.28. The minimum absolute atomic E-state index is 0.0951. The van der Waals surface area contributed by atoms with E-state index in [0.29, 0.717) is 12.8 Å². The largest absolute Gasteiger partial charge is 0.469 e. The molecule has 4 nitrogen and oxygen atoms in total. The highest BCUT2D eigenvalue weighted by atomic mass is 16.5. The third-order valence-electron chi connectivity index (χ3n) is 5.44. The van der Waals surface area contributed by atoms with Gasteiger partial charge in [-0.1, -0.05) is 87.1 Å². The van der Waals surface area contributed by atoms with E-state index in [-0.39, 0.29) is 11.9 Å². The van der Waals surface area contributed by atoms with Crippen molar-refractivity contribution in [1.29, 1.82) is 0 Å². The van der Waals surface area contributed by atoms with Crippen molar-refractivity contribution in [1.82, 2.24) is 0 Å². The standard InChI is InChI=1S/C29H48O4/c1-32-28(30)26-24-22-20-18-16-14-12-10-8-6-4-3-5-7-9-11-13-15-17-19-21-23-25-27-29(31)33-2/h4-7,10-13H,3,8-9,14-27H2,1-2H3/b6-4+,7-5+,12-10+,13-11+. The minimum Gasteiger partial charge on any atom is -0.469 e. The summed E-state index contributed by atoms with van der Waals surface area (Å²) in [6.45, 7) is 0. The number of methoxy groups -OCH3 is 2. The van der Waals surface area contributed by atoms with Gasteiger partial charge in [0.05, 0.1) is 14.2 Å². The van der Waals surface area contributed by atoms with Gasteiger partial charge in [-0.2, -0.15) is 0 Å². The molecule has 4 heteroatoms. The molecule has 0 aliphatic heterocycles. The van der Waals surface area contributed by atoms with Crippen LogP contribution in [0.5, 0.6) is 0 Å². The Morgan fingerprint density at radius 1 is 0.455 bits per heavy atom. The molecule has 0 rings (SSSR count). The quantitative estimate of drug-likeness (QED) is 0.0928. The first-order valence-electron chi connectivity index (χ1n) is 12.9. The number of unbranched alkanes of at least 4 members (excludes halogenated alkanes) is 10. The van der Waals surface area contributed by atoms with Crippen LogP contribution >= 0.6 is 0 Å². The average Bonchev–Trinajstić information content (AvgIpc) is 2.83. The van der Waals surface area contributed by atoms with Gasteiger partial charge in [-0.3, -0.25) is 9.59 Å². The van der Waals surface area contributed by atoms with Gasteiger partial charge in [-0.25, -0.2) is 0 Å².